The summed E-state index contributed by atoms with van der Waals surface area (Å²) >= 11 is 0. The lowest BCUT2D eigenvalue weighted by molar-refractivity contribution is 0.270. The van der Waals surface area contributed by atoms with Gasteiger partial charge in [0.15, 0.2) is 0 Å². The number of hydrogen-bond acceptors (Lipinski definition) is 6. The first-order chi connectivity index (χ1) is 12.7. The monoisotopic (exact) mass is 351 g/mol. The molecule has 134 valence electrons. The smallest absolute Gasteiger partial charge is 0.261 e. The summed E-state index contributed by atoms with van der Waals surface area (Å²) in [6.45, 7) is 2.92. The van der Waals surface area contributed by atoms with E-state index in [4.69, 9.17) is 4.98 Å². The third kappa shape index (κ3) is 2.84. The molecule has 0 amide bonds. The summed E-state index contributed by atoms with van der Waals surface area (Å²) in [5, 5.41) is 10.1. The van der Waals surface area contributed by atoms with E-state index in [0.717, 1.165) is 30.9 Å². The van der Waals surface area contributed by atoms with E-state index in [2.05, 4.69) is 14.9 Å². The molecule has 1 unspecified atom stereocenters. The Labute approximate surface area is 151 Å². The normalized spacial score (nSPS) is 17.2. The number of hydrogen-bond donors (Lipinski definition) is 1. The van der Waals surface area contributed by atoms with Gasteiger partial charge in [-0.3, -0.25) is 9.36 Å². The van der Waals surface area contributed by atoms with E-state index in [1.54, 1.807) is 17.0 Å². The van der Waals surface area contributed by atoms with Crippen molar-refractivity contribution >= 4 is 16.7 Å². The number of fused-ring (bicyclic) bond motifs is 1. The largest absolute Gasteiger partial charge is 0.395 e. The fourth-order valence-corrected chi connectivity index (χ4v) is 3.66. The van der Waals surface area contributed by atoms with E-state index in [9.17, 15) is 9.90 Å². The molecule has 1 saturated heterocycles. The van der Waals surface area contributed by atoms with Gasteiger partial charge in [0.1, 0.15) is 18.0 Å². The summed E-state index contributed by atoms with van der Waals surface area (Å²) in [5.41, 5.74) is 1.48. The van der Waals surface area contributed by atoms with Gasteiger partial charge in [0.05, 0.1) is 30.1 Å². The highest BCUT2D eigenvalue weighted by Crippen LogP contribution is 2.34. The fourth-order valence-electron chi connectivity index (χ4n) is 3.66. The molecule has 0 aliphatic carbocycles. The van der Waals surface area contributed by atoms with Gasteiger partial charge in [0.25, 0.3) is 5.56 Å². The molecule has 1 aliphatic heterocycles. The predicted molar refractivity (Wildman–Crippen MR) is 99.2 cm³/mol. The number of aromatic nitrogens is 4. The number of aliphatic hydroxyl groups excluding tert-OH is 1. The van der Waals surface area contributed by atoms with Crippen LogP contribution in [0.25, 0.3) is 10.9 Å². The van der Waals surface area contributed by atoms with Gasteiger partial charge in [-0.2, -0.15) is 0 Å². The molecule has 0 saturated carbocycles. The molecule has 0 bridgehead atoms. The minimum absolute atomic E-state index is 0.0480. The number of benzene rings is 1. The SMILES string of the molecule is Cc1cc(N2CCCC2c2nc3ccccc3c(=O)n2CCO)ncn1. The van der Waals surface area contributed by atoms with Crippen molar-refractivity contribution in [3.63, 3.8) is 0 Å². The Bertz CT molecular complexity index is 1000. The Morgan fingerprint density at radius 1 is 1.27 bits per heavy atom. The van der Waals surface area contributed by atoms with Crippen molar-refractivity contribution in [2.75, 3.05) is 18.1 Å². The summed E-state index contributed by atoms with van der Waals surface area (Å²) in [4.78, 5) is 28.5. The van der Waals surface area contributed by atoms with Crippen LogP contribution in [0.2, 0.25) is 0 Å². The van der Waals surface area contributed by atoms with Crippen molar-refractivity contribution in [1.82, 2.24) is 19.5 Å². The van der Waals surface area contributed by atoms with Crippen LogP contribution in [0.5, 0.6) is 0 Å². The van der Waals surface area contributed by atoms with Crippen LogP contribution < -0.4 is 10.5 Å². The van der Waals surface area contributed by atoms with Crippen LogP contribution in [0.4, 0.5) is 5.82 Å². The Hall–Kier alpha value is -2.80. The van der Waals surface area contributed by atoms with Crippen molar-refractivity contribution in [3.8, 4) is 0 Å². The molecule has 7 heteroatoms. The Morgan fingerprint density at radius 2 is 2.12 bits per heavy atom. The first-order valence-electron chi connectivity index (χ1n) is 8.84. The summed E-state index contributed by atoms with van der Waals surface area (Å²) in [5.74, 6) is 1.54. The first kappa shape index (κ1) is 16.7. The summed E-state index contributed by atoms with van der Waals surface area (Å²) in [6, 6.07) is 9.26. The molecule has 4 rings (SSSR count). The zero-order valence-corrected chi connectivity index (χ0v) is 14.7. The maximum absolute atomic E-state index is 13.0. The van der Waals surface area contributed by atoms with E-state index >= 15 is 0 Å². The van der Waals surface area contributed by atoms with Crippen LogP contribution in [0.1, 0.15) is 30.4 Å². The Morgan fingerprint density at radius 3 is 2.92 bits per heavy atom. The van der Waals surface area contributed by atoms with Gasteiger partial charge in [0, 0.05) is 18.3 Å². The van der Waals surface area contributed by atoms with Gasteiger partial charge >= 0.3 is 0 Å². The lowest BCUT2D eigenvalue weighted by Gasteiger charge is -2.27. The van der Waals surface area contributed by atoms with Gasteiger partial charge in [0.2, 0.25) is 0 Å². The molecule has 3 aromatic rings. The second kappa shape index (κ2) is 6.84. The standard InChI is InChI=1S/C19H21N5O2/c1-13-11-17(21-12-20-13)23-8-4-7-16(23)18-22-15-6-3-2-5-14(15)19(26)24(18)9-10-25/h2-3,5-6,11-12,16,25H,4,7-10H2,1H3. The average molecular weight is 351 g/mol. The fraction of sp³-hybridized carbons (Fsp3) is 0.368. The van der Waals surface area contributed by atoms with Crippen LogP contribution in [-0.4, -0.2) is 37.8 Å². The summed E-state index contributed by atoms with van der Waals surface area (Å²) in [7, 11) is 0. The molecule has 26 heavy (non-hydrogen) atoms. The van der Waals surface area contributed by atoms with Crippen molar-refractivity contribution in [3.05, 3.63) is 58.5 Å². The third-order valence-corrected chi connectivity index (χ3v) is 4.85. The molecule has 3 heterocycles. The highest BCUT2D eigenvalue weighted by atomic mass is 16.3. The summed E-state index contributed by atoms with van der Waals surface area (Å²) < 4.78 is 1.61. The zero-order chi connectivity index (χ0) is 18.1. The number of nitrogens with zero attached hydrogens (tertiary/aromatic N) is 5. The number of rotatable bonds is 4. The van der Waals surface area contributed by atoms with Gasteiger partial charge in [-0.25, -0.2) is 15.0 Å². The lowest BCUT2D eigenvalue weighted by Crippen LogP contribution is -2.33. The molecule has 1 aromatic carbocycles. The third-order valence-electron chi connectivity index (χ3n) is 4.85. The highest BCUT2D eigenvalue weighted by Gasteiger charge is 2.31. The topological polar surface area (TPSA) is 84.1 Å². The van der Waals surface area contributed by atoms with E-state index in [0.29, 0.717) is 16.7 Å². The molecule has 1 N–H and O–H groups in total. The van der Waals surface area contributed by atoms with Crippen LogP contribution in [0.3, 0.4) is 0 Å². The van der Waals surface area contributed by atoms with Gasteiger partial charge in [-0.05, 0) is 31.9 Å². The Balaban J connectivity index is 1.86. The molecule has 0 spiro atoms. The van der Waals surface area contributed by atoms with Crippen molar-refractivity contribution in [2.24, 2.45) is 0 Å². The van der Waals surface area contributed by atoms with E-state index < -0.39 is 0 Å². The van der Waals surface area contributed by atoms with Crippen LogP contribution in [0.15, 0.2) is 41.5 Å². The van der Waals surface area contributed by atoms with Crippen molar-refractivity contribution in [1.29, 1.82) is 0 Å². The molecule has 2 aromatic heterocycles. The predicted octanol–water partition coefficient (Wildman–Crippen LogP) is 1.83. The Kier molecular flexibility index (Phi) is 4.38. The van der Waals surface area contributed by atoms with E-state index in [1.165, 1.54) is 0 Å². The highest BCUT2D eigenvalue weighted by molar-refractivity contribution is 5.77. The quantitative estimate of drug-likeness (QED) is 0.772. The first-order valence-corrected chi connectivity index (χ1v) is 8.84. The van der Waals surface area contributed by atoms with Crippen LogP contribution in [0, 0.1) is 6.92 Å². The second-order valence-corrected chi connectivity index (χ2v) is 6.54. The summed E-state index contributed by atoms with van der Waals surface area (Å²) in [6.07, 6.45) is 3.45. The lowest BCUT2D eigenvalue weighted by atomic mass is 10.1. The molecule has 1 atom stereocenters. The number of anilines is 1. The van der Waals surface area contributed by atoms with Gasteiger partial charge < -0.3 is 10.0 Å². The minimum Gasteiger partial charge on any atom is -0.395 e. The average Bonchev–Trinajstić information content (AvgIpc) is 3.14. The minimum atomic E-state index is -0.106. The molecule has 1 fully saturated rings. The molecule has 1 aliphatic rings. The second-order valence-electron chi connectivity index (χ2n) is 6.54. The molecular formula is C19H21N5O2. The zero-order valence-electron chi connectivity index (χ0n) is 14.7. The van der Waals surface area contributed by atoms with Crippen LogP contribution >= 0.6 is 0 Å². The van der Waals surface area contributed by atoms with Crippen LogP contribution in [-0.2, 0) is 6.54 Å². The molecule has 0 radical (unpaired) electrons. The van der Waals surface area contributed by atoms with E-state index in [-0.39, 0.29) is 24.8 Å². The maximum atomic E-state index is 13.0. The van der Waals surface area contributed by atoms with Gasteiger partial charge in [-0.15, -0.1) is 0 Å². The van der Waals surface area contributed by atoms with Crippen molar-refractivity contribution in [2.45, 2.75) is 32.4 Å². The maximum Gasteiger partial charge on any atom is 0.261 e. The van der Waals surface area contributed by atoms with Crippen molar-refractivity contribution < 1.29 is 5.11 Å². The van der Waals surface area contributed by atoms with Gasteiger partial charge in [-0.1, -0.05) is 12.1 Å². The number of aryl methyl sites for hydroxylation is 1. The molecular weight excluding hydrogens is 330 g/mol. The molecule has 7 nitrogen and oxygen atoms in total. The number of para-hydroxylation sites is 1. The van der Waals surface area contributed by atoms with E-state index in [1.807, 2.05) is 31.2 Å². The number of aliphatic hydroxyl groups is 1.